The van der Waals surface area contributed by atoms with Gasteiger partial charge in [-0.05, 0) is 70.6 Å². The van der Waals surface area contributed by atoms with Gasteiger partial charge in [-0.25, -0.2) is 0 Å². The first-order chi connectivity index (χ1) is 9.88. The lowest BCUT2D eigenvalue weighted by Gasteiger charge is -2.16. The largest absolute Gasteiger partial charge is 0.456 e. The fraction of sp³-hybridized carbons (Fsp3) is 0.333. The van der Waals surface area contributed by atoms with Crippen molar-refractivity contribution < 1.29 is 9.84 Å². The highest BCUT2D eigenvalue weighted by Crippen LogP contribution is 2.36. The summed E-state index contributed by atoms with van der Waals surface area (Å²) < 4.78 is 6.93. The summed E-state index contributed by atoms with van der Waals surface area (Å²) in [5.41, 5.74) is 3.22. The number of ether oxygens (including phenoxy) is 1. The molecule has 2 rings (SSSR count). The van der Waals surface area contributed by atoms with Crippen LogP contribution in [0.2, 0.25) is 0 Å². The summed E-state index contributed by atoms with van der Waals surface area (Å²) in [7, 11) is 0. The molecule has 2 aromatic rings. The molecular weight excluding hydrogens is 328 g/mol. The van der Waals surface area contributed by atoms with Crippen molar-refractivity contribution in [3.63, 3.8) is 0 Å². The van der Waals surface area contributed by atoms with Crippen LogP contribution in [0.1, 0.15) is 49.5 Å². The first-order valence-electron chi connectivity index (χ1n) is 7.14. The van der Waals surface area contributed by atoms with Crippen LogP contribution >= 0.6 is 15.9 Å². The van der Waals surface area contributed by atoms with Gasteiger partial charge in [-0.15, -0.1) is 0 Å². The zero-order valence-electron chi connectivity index (χ0n) is 12.9. The summed E-state index contributed by atoms with van der Waals surface area (Å²) in [6, 6.07) is 11.9. The van der Waals surface area contributed by atoms with E-state index in [1.807, 2.05) is 18.2 Å². The molecule has 0 aliphatic carbocycles. The van der Waals surface area contributed by atoms with Crippen LogP contribution in [0.25, 0.3) is 0 Å². The van der Waals surface area contributed by atoms with Gasteiger partial charge in [-0.2, -0.15) is 0 Å². The van der Waals surface area contributed by atoms with E-state index in [0.29, 0.717) is 5.92 Å². The molecule has 0 aliphatic heterocycles. The lowest BCUT2D eigenvalue weighted by atomic mass is 10.0. The van der Waals surface area contributed by atoms with Crippen LogP contribution in [0.15, 0.2) is 40.9 Å². The molecule has 112 valence electrons. The zero-order valence-corrected chi connectivity index (χ0v) is 14.4. The summed E-state index contributed by atoms with van der Waals surface area (Å²) in [5.74, 6) is 2.04. The van der Waals surface area contributed by atoms with Gasteiger partial charge in [0.2, 0.25) is 0 Å². The van der Waals surface area contributed by atoms with E-state index in [4.69, 9.17) is 4.74 Å². The lowest BCUT2D eigenvalue weighted by Crippen LogP contribution is -1.96. The Morgan fingerprint density at radius 1 is 1.00 bits per heavy atom. The minimum atomic E-state index is -0.486. The molecule has 2 aromatic carbocycles. The van der Waals surface area contributed by atoms with Crippen LogP contribution in [0.3, 0.4) is 0 Å². The Hall–Kier alpha value is -1.32. The molecule has 0 unspecified atom stereocenters. The number of aryl methyl sites for hydroxylation is 1. The van der Waals surface area contributed by atoms with Crippen molar-refractivity contribution in [3.8, 4) is 11.5 Å². The van der Waals surface area contributed by atoms with Gasteiger partial charge in [0.15, 0.2) is 0 Å². The van der Waals surface area contributed by atoms with Crippen LogP contribution in [0, 0.1) is 6.92 Å². The van der Waals surface area contributed by atoms with E-state index >= 15 is 0 Å². The third-order valence-electron chi connectivity index (χ3n) is 3.45. The summed E-state index contributed by atoms with van der Waals surface area (Å²) in [6.07, 6.45) is -0.486. The van der Waals surface area contributed by atoms with E-state index in [1.165, 1.54) is 11.1 Å². The monoisotopic (exact) mass is 348 g/mol. The van der Waals surface area contributed by atoms with Gasteiger partial charge in [0.1, 0.15) is 11.5 Å². The lowest BCUT2D eigenvalue weighted by molar-refractivity contribution is 0.199. The minimum Gasteiger partial charge on any atom is -0.456 e. The molecule has 0 saturated heterocycles. The number of halogens is 1. The van der Waals surface area contributed by atoms with Gasteiger partial charge < -0.3 is 9.84 Å². The van der Waals surface area contributed by atoms with Crippen molar-refractivity contribution in [2.24, 2.45) is 0 Å². The van der Waals surface area contributed by atoms with Crippen LogP contribution in [-0.4, -0.2) is 5.11 Å². The van der Waals surface area contributed by atoms with Crippen LogP contribution < -0.4 is 4.74 Å². The van der Waals surface area contributed by atoms with Crippen molar-refractivity contribution in [2.45, 2.75) is 39.7 Å². The van der Waals surface area contributed by atoms with Crippen molar-refractivity contribution >= 4 is 15.9 Å². The Morgan fingerprint density at radius 3 is 2.29 bits per heavy atom. The Balaban J connectivity index is 2.36. The van der Waals surface area contributed by atoms with Crippen molar-refractivity contribution in [1.29, 1.82) is 0 Å². The van der Waals surface area contributed by atoms with Gasteiger partial charge in [-0.3, -0.25) is 0 Å². The molecule has 0 radical (unpaired) electrons. The Kier molecular flexibility index (Phi) is 5.07. The molecule has 0 heterocycles. The molecule has 3 heteroatoms. The van der Waals surface area contributed by atoms with Crippen molar-refractivity contribution in [2.75, 3.05) is 0 Å². The van der Waals surface area contributed by atoms with Crippen LogP contribution in [-0.2, 0) is 0 Å². The first-order valence-corrected chi connectivity index (χ1v) is 7.93. The topological polar surface area (TPSA) is 29.5 Å². The standard InChI is InChI=1S/C18H21BrO2/c1-11(2)15-7-5-12(3)9-18(15)21-17-8-6-14(13(4)20)10-16(17)19/h5-11,13,20H,1-4H3/t13-/m1/s1. The van der Waals surface area contributed by atoms with Crippen molar-refractivity contribution in [1.82, 2.24) is 0 Å². The van der Waals surface area contributed by atoms with Gasteiger partial charge >= 0.3 is 0 Å². The number of aliphatic hydroxyl groups is 1. The highest BCUT2D eigenvalue weighted by molar-refractivity contribution is 9.10. The van der Waals surface area contributed by atoms with E-state index in [1.54, 1.807) is 6.92 Å². The Labute approximate surface area is 134 Å². The van der Waals surface area contributed by atoms with E-state index in [2.05, 4.69) is 54.9 Å². The van der Waals surface area contributed by atoms with E-state index in [-0.39, 0.29) is 0 Å². The molecule has 1 atom stereocenters. The van der Waals surface area contributed by atoms with E-state index < -0.39 is 6.10 Å². The second kappa shape index (κ2) is 6.63. The van der Waals surface area contributed by atoms with Gasteiger partial charge in [0, 0.05) is 0 Å². The Bertz CT molecular complexity index is 633. The predicted molar refractivity (Wildman–Crippen MR) is 90.1 cm³/mol. The number of rotatable bonds is 4. The van der Waals surface area contributed by atoms with Gasteiger partial charge in [0.05, 0.1) is 10.6 Å². The van der Waals surface area contributed by atoms with Crippen molar-refractivity contribution in [3.05, 3.63) is 57.6 Å². The number of hydrogen-bond donors (Lipinski definition) is 1. The molecule has 0 spiro atoms. The van der Waals surface area contributed by atoms with E-state index in [9.17, 15) is 5.11 Å². The molecule has 2 nitrogen and oxygen atoms in total. The minimum absolute atomic E-state index is 0.399. The molecule has 0 fully saturated rings. The third-order valence-corrected chi connectivity index (χ3v) is 4.07. The highest BCUT2D eigenvalue weighted by Gasteiger charge is 2.12. The molecule has 0 aliphatic rings. The normalized spacial score (nSPS) is 12.5. The smallest absolute Gasteiger partial charge is 0.141 e. The fourth-order valence-electron chi connectivity index (χ4n) is 2.19. The second-order valence-electron chi connectivity index (χ2n) is 5.66. The molecule has 1 N–H and O–H groups in total. The molecule has 0 amide bonds. The maximum atomic E-state index is 9.62. The number of hydrogen-bond acceptors (Lipinski definition) is 2. The van der Waals surface area contributed by atoms with Gasteiger partial charge in [-0.1, -0.05) is 32.0 Å². The summed E-state index contributed by atoms with van der Waals surface area (Å²) >= 11 is 3.52. The number of benzene rings is 2. The van der Waals surface area contributed by atoms with Crippen LogP contribution in [0.4, 0.5) is 0 Å². The van der Waals surface area contributed by atoms with Crippen LogP contribution in [0.5, 0.6) is 11.5 Å². The number of aliphatic hydroxyl groups excluding tert-OH is 1. The molecule has 0 aromatic heterocycles. The maximum Gasteiger partial charge on any atom is 0.141 e. The zero-order chi connectivity index (χ0) is 15.6. The fourth-order valence-corrected chi connectivity index (χ4v) is 2.66. The SMILES string of the molecule is Cc1ccc(C(C)C)c(Oc2ccc([C@@H](C)O)cc2Br)c1. The molecule has 21 heavy (non-hydrogen) atoms. The maximum absolute atomic E-state index is 9.62. The average molecular weight is 349 g/mol. The molecule has 0 saturated carbocycles. The Morgan fingerprint density at radius 2 is 1.71 bits per heavy atom. The molecule has 0 bridgehead atoms. The first kappa shape index (κ1) is 16.1. The summed E-state index contributed by atoms with van der Waals surface area (Å²) in [5, 5.41) is 9.62. The highest BCUT2D eigenvalue weighted by atomic mass is 79.9. The van der Waals surface area contributed by atoms with Gasteiger partial charge in [0.25, 0.3) is 0 Å². The predicted octanol–water partition coefficient (Wildman–Crippen LogP) is 5.73. The van der Waals surface area contributed by atoms with E-state index in [0.717, 1.165) is 21.5 Å². The quantitative estimate of drug-likeness (QED) is 0.764. The molecular formula is C18H21BrO2. The summed E-state index contributed by atoms with van der Waals surface area (Å²) in [6.45, 7) is 8.12. The summed E-state index contributed by atoms with van der Waals surface area (Å²) in [4.78, 5) is 0. The second-order valence-corrected chi connectivity index (χ2v) is 6.52. The average Bonchev–Trinajstić information content (AvgIpc) is 2.40. The third kappa shape index (κ3) is 3.86.